The number of aryl methyl sites for hydroxylation is 1. The topological polar surface area (TPSA) is 65.8 Å². The fraction of sp³-hybridized carbons (Fsp3) is 0.267. The quantitative estimate of drug-likeness (QED) is 0.915. The molecular weight excluding hydrogens is 327 g/mol. The number of thiazole rings is 1. The van der Waals surface area contributed by atoms with E-state index in [1.807, 2.05) is 6.07 Å². The van der Waals surface area contributed by atoms with Crippen LogP contribution in [-0.2, 0) is 4.79 Å². The third-order valence-electron chi connectivity index (χ3n) is 3.15. The number of amides is 1. The van der Waals surface area contributed by atoms with Crippen LogP contribution in [0.25, 0.3) is 11.3 Å². The van der Waals surface area contributed by atoms with Gasteiger partial charge in [0.15, 0.2) is 5.13 Å². The maximum atomic E-state index is 13.8. The summed E-state index contributed by atoms with van der Waals surface area (Å²) in [5.41, 5.74) is -0.460. The van der Waals surface area contributed by atoms with E-state index >= 15 is 0 Å². The fourth-order valence-corrected chi connectivity index (χ4v) is 2.80. The van der Waals surface area contributed by atoms with E-state index in [0.29, 0.717) is 23.4 Å². The summed E-state index contributed by atoms with van der Waals surface area (Å²) in [7, 11) is 0. The normalized spacial score (nSPS) is 11.8. The summed E-state index contributed by atoms with van der Waals surface area (Å²) in [5, 5.41) is 11.4. The molecule has 0 saturated heterocycles. The molecule has 0 fully saturated rings. The number of aromatic nitrogens is 1. The van der Waals surface area contributed by atoms with Gasteiger partial charge in [-0.25, -0.2) is 18.2 Å². The van der Waals surface area contributed by atoms with Crippen LogP contribution in [0.4, 0.5) is 18.3 Å². The number of hydrogen-bond acceptors (Lipinski definition) is 4. The zero-order valence-corrected chi connectivity index (χ0v) is 13.1. The monoisotopic (exact) mass is 339 g/mol. The van der Waals surface area contributed by atoms with Gasteiger partial charge in [-0.05, 0) is 13.3 Å². The number of carbonyl (C=O) groups excluding carboxylic acids is 1. The summed E-state index contributed by atoms with van der Waals surface area (Å²) < 4.78 is 40.7. The van der Waals surface area contributed by atoms with Crippen LogP contribution in [0.5, 0.6) is 0 Å². The number of nitrogens with zero attached hydrogens (tertiary/aromatic N) is 2. The van der Waals surface area contributed by atoms with E-state index < -0.39 is 34.8 Å². The molecule has 0 aliphatic heterocycles. The van der Waals surface area contributed by atoms with Crippen molar-refractivity contribution in [1.29, 1.82) is 5.26 Å². The zero-order chi connectivity index (χ0) is 17.1. The molecule has 1 heterocycles. The summed E-state index contributed by atoms with van der Waals surface area (Å²) in [6, 6.07) is 2.99. The van der Waals surface area contributed by atoms with Crippen LogP contribution in [0.2, 0.25) is 0 Å². The second kappa shape index (κ2) is 6.79. The SMILES string of the molecule is CCC(C#N)C(=O)Nc1nc(-c2c(F)cc(F)cc2F)c(C)s1. The minimum atomic E-state index is -1.07. The average molecular weight is 339 g/mol. The molecule has 8 heteroatoms. The van der Waals surface area contributed by atoms with Gasteiger partial charge in [0, 0.05) is 17.0 Å². The van der Waals surface area contributed by atoms with E-state index in [-0.39, 0.29) is 10.8 Å². The van der Waals surface area contributed by atoms with Gasteiger partial charge in [0.2, 0.25) is 5.91 Å². The van der Waals surface area contributed by atoms with Crippen molar-refractivity contribution < 1.29 is 18.0 Å². The molecule has 0 aliphatic rings. The summed E-state index contributed by atoms with van der Waals surface area (Å²) >= 11 is 1.02. The highest BCUT2D eigenvalue weighted by Gasteiger charge is 2.22. The van der Waals surface area contributed by atoms with Gasteiger partial charge in [-0.2, -0.15) is 5.26 Å². The Morgan fingerprint density at radius 1 is 1.39 bits per heavy atom. The highest BCUT2D eigenvalue weighted by atomic mass is 32.1. The fourth-order valence-electron chi connectivity index (χ4n) is 1.98. The van der Waals surface area contributed by atoms with Crippen LogP contribution in [0, 0.1) is 41.6 Å². The van der Waals surface area contributed by atoms with Gasteiger partial charge in [0.25, 0.3) is 0 Å². The Morgan fingerprint density at radius 2 is 2.00 bits per heavy atom. The van der Waals surface area contributed by atoms with Crippen LogP contribution in [-0.4, -0.2) is 10.9 Å². The zero-order valence-electron chi connectivity index (χ0n) is 12.3. The lowest BCUT2D eigenvalue weighted by Crippen LogP contribution is -2.20. The molecule has 1 aromatic heterocycles. The number of nitriles is 1. The number of hydrogen-bond donors (Lipinski definition) is 1. The van der Waals surface area contributed by atoms with E-state index in [2.05, 4.69) is 10.3 Å². The number of rotatable bonds is 4. The van der Waals surface area contributed by atoms with E-state index in [9.17, 15) is 18.0 Å². The molecule has 0 aliphatic carbocycles. The van der Waals surface area contributed by atoms with Crippen molar-refractivity contribution in [2.75, 3.05) is 5.32 Å². The molecule has 4 nitrogen and oxygen atoms in total. The van der Waals surface area contributed by atoms with Gasteiger partial charge < -0.3 is 5.32 Å². The first-order chi connectivity index (χ1) is 10.9. The van der Waals surface area contributed by atoms with Crippen LogP contribution in [0.3, 0.4) is 0 Å². The predicted molar refractivity (Wildman–Crippen MR) is 80.2 cm³/mol. The van der Waals surface area contributed by atoms with Crippen molar-refractivity contribution in [2.45, 2.75) is 20.3 Å². The largest absolute Gasteiger partial charge is 0.301 e. The van der Waals surface area contributed by atoms with Crippen molar-refractivity contribution >= 4 is 22.4 Å². The van der Waals surface area contributed by atoms with Crippen molar-refractivity contribution in [2.24, 2.45) is 5.92 Å². The molecule has 0 radical (unpaired) electrons. The number of nitrogens with one attached hydrogen (secondary N) is 1. The maximum absolute atomic E-state index is 13.8. The minimum Gasteiger partial charge on any atom is -0.301 e. The third-order valence-corrected chi connectivity index (χ3v) is 4.04. The standard InChI is InChI=1S/C15H12F3N3OS/c1-3-8(6-19)14(22)21-15-20-13(7(2)23-15)12-10(17)4-9(16)5-11(12)18/h4-5,8H,3H2,1-2H3,(H,20,21,22). The Kier molecular flexibility index (Phi) is 5.01. The lowest BCUT2D eigenvalue weighted by molar-refractivity contribution is -0.118. The molecule has 2 aromatic rings. The van der Waals surface area contributed by atoms with Gasteiger partial charge in [-0.1, -0.05) is 6.92 Å². The Morgan fingerprint density at radius 3 is 2.52 bits per heavy atom. The van der Waals surface area contributed by atoms with Crippen molar-refractivity contribution in [1.82, 2.24) is 4.98 Å². The highest BCUT2D eigenvalue weighted by molar-refractivity contribution is 7.16. The maximum Gasteiger partial charge on any atom is 0.243 e. The highest BCUT2D eigenvalue weighted by Crippen LogP contribution is 2.34. The van der Waals surface area contributed by atoms with E-state index in [4.69, 9.17) is 5.26 Å². The third kappa shape index (κ3) is 3.51. The second-order valence-electron chi connectivity index (χ2n) is 4.75. The summed E-state index contributed by atoms with van der Waals surface area (Å²) in [6.07, 6.45) is 0.334. The average Bonchev–Trinajstić information content (AvgIpc) is 2.79. The first kappa shape index (κ1) is 17.0. The summed E-state index contributed by atoms with van der Waals surface area (Å²) in [6.45, 7) is 3.27. The Bertz CT molecular complexity index is 775. The molecular formula is C15H12F3N3OS. The summed E-state index contributed by atoms with van der Waals surface area (Å²) in [4.78, 5) is 16.3. The van der Waals surface area contributed by atoms with E-state index in [1.54, 1.807) is 13.8 Å². The predicted octanol–water partition coefficient (Wildman–Crippen LogP) is 4.02. The van der Waals surface area contributed by atoms with Crippen molar-refractivity contribution in [3.63, 3.8) is 0 Å². The molecule has 1 atom stereocenters. The van der Waals surface area contributed by atoms with Gasteiger partial charge in [0.05, 0.1) is 17.3 Å². The molecule has 0 spiro atoms. The van der Waals surface area contributed by atoms with Gasteiger partial charge in [0.1, 0.15) is 23.4 Å². The van der Waals surface area contributed by atoms with Crippen LogP contribution < -0.4 is 5.32 Å². The van der Waals surface area contributed by atoms with Gasteiger partial charge in [-0.15, -0.1) is 11.3 Å². The smallest absolute Gasteiger partial charge is 0.243 e. The van der Waals surface area contributed by atoms with E-state index in [1.165, 1.54) is 0 Å². The number of benzene rings is 1. The lowest BCUT2D eigenvalue weighted by atomic mass is 10.1. The number of carbonyl (C=O) groups is 1. The molecule has 0 bridgehead atoms. The Hall–Kier alpha value is -2.40. The molecule has 23 heavy (non-hydrogen) atoms. The van der Waals surface area contributed by atoms with E-state index in [0.717, 1.165) is 11.3 Å². The Balaban J connectivity index is 2.37. The molecule has 120 valence electrons. The number of anilines is 1. The molecule has 1 unspecified atom stereocenters. The molecule has 0 saturated carbocycles. The molecule has 2 rings (SSSR count). The van der Waals surface area contributed by atoms with Crippen LogP contribution >= 0.6 is 11.3 Å². The lowest BCUT2D eigenvalue weighted by Gasteiger charge is -2.05. The van der Waals surface area contributed by atoms with Gasteiger partial charge >= 0.3 is 0 Å². The molecule has 1 aromatic carbocycles. The van der Waals surface area contributed by atoms with Gasteiger partial charge in [-0.3, -0.25) is 4.79 Å². The molecule has 1 amide bonds. The van der Waals surface area contributed by atoms with Crippen molar-refractivity contribution in [3.05, 3.63) is 34.5 Å². The second-order valence-corrected chi connectivity index (χ2v) is 5.95. The Labute approximate surface area is 134 Å². The van der Waals surface area contributed by atoms with Crippen molar-refractivity contribution in [3.8, 4) is 17.3 Å². The molecule has 1 N–H and O–H groups in total. The number of halogens is 3. The minimum absolute atomic E-state index is 0.00898. The van der Waals surface area contributed by atoms with Crippen LogP contribution in [0.15, 0.2) is 12.1 Å². The summed E-state index contributed by atoms with van der Waals surface area (Å²) in [5.74, 6) is -4.53. The van der Waals surface area contributed by atoms with Crippen LogP contribution in [0.1, 0.15) is 18.2 Å². The first-order valence-corrected chi connectivity index (χ1v) is 7.51. The first-order valence-electron chi connectivity index (χ1n) is 6.70.